The van der Waals surface area contributed by atoms with Crippen molar-refractivity contribution in [2.24, 2.45) is 0 Å². The molecule has 13 heteroatoms. The highest BCUT2D eigenvalue weighted by Crippen LogP contribution is 2.28. The molecule has 0 radical (unpaired) electrons. The molecule has 0 aliphatic carbocycles. The molecule has 0 spiro atoms. The Morgan fingerprint density at radius 2 is 1.70 bits per heavy atom. The van der Waals surface area contributed by atoms with Crippen LogP contribution in [0.5, 0.6) is 0 Å². The fraction of sp³-hybridized carbons (Fsp3) is 0.200. The van der Waals surface area contributed by atoms with Gasteiger partial charge in [0.15, 0.2) is 5.13 Å². The smallest absolute Gasteiger partial charge is 0.263 e. The van der Waals surface area contributed by atoms with E-state index in [1.807, 2.05) is 0 Å². The van der Waals surface area contributed by atoms with Gasteiger partial charge in [-0.1, -0.05) is 11.6 Å². The van der Waals surface area contributed by atoms with Crippen molar-refractivity contribution in [1.29, 1.82) is 0 Å². The van der Waals surface area contributed by atoms with Crippen LogP contribution < -0.4 is 10.0 Å². The van der Waals surface area contributed by atoms with Gasteiger partial charge in [0.1, 0.15) is 6.04 Å². The number of carbonyl (C=O) groups is 1. The Bertz CT molecular complexity index is 1340. The number of nitrogens with zero attached hydrogens (tertiary/aromatic N) is 2. The molecular formula is C20H19ClN4O5S3. The summed E-state index contributed by atoms with van der Waals surface area (Å²) in [4.78, 5) is 16.8. The minimum Gasteiger partial charge on any atom is -0.325 e. The van der Waals surface area contributed by atoms with Crippen molar-refractivity contribution in [3.63, 3.8) is 0 Å². The molecule has 1 aliphatic heterocycles. The van der Waals surface area contributed by atoms with Gasteiger partial charge in [0.05, 0.1) is 9.79 Å². The third-order valence-corrected chi connectivity index (χ3v) is 9.36. The standard InChI is InChI=1S/C20H19ClN4O5S3/c21-14-3-7-17(8-4-14)33(29,30)25-12-1-2-18(25)19(26)23-15-5-9-16(10-6-15)32(27,28)24-20-22-11-13-31-20/h3-11,13,18H,1-2,12H2,(H,22,24)(H,23,26). The normalized spacial score (nSPS) is 17.1. The number of nitrogens with one attached hydrogen (secondary N) is 2. The molecule has 9 nitrogen and oxygen atoms in total. The Balaban J connectivity index is 1.47. The van der Waals surface area contributed by atoms with Crippen molar-refractivity contribution >= 4 is 59.7 Å². The largest absolute Gasteiger partial charge is 0.325 e. The van der Waals surface area contributed by atoms with E-state index in [2.05, 4.69) is 15.0 Å². The van der Waals surface area contributed by atoms with Crippen LogP contribution in [0.4, 0.5) is 10.8 Å². The van der Waals surface area contributed by atoms with Gasteiger partial charge in [0.2, 0.25) is 15.9 Å². The number of hydrogen-bond acceptors (Lipinski definition) is 7. The molecule has 4 rings (SSSR count). The third-order valence-electron chi connectivity index (χ3n) is 5.01. The molecule has 2 N–H and O–H groups in total. The molecule has 1 unspecified atom stereocenters. The first-order valence-electron chi connectivity index (χ1n) is 9.77. The Morgan fingerprint density at radius 1 is 1.03 bits per heavy atom. The summed E-state index contributed by atoms with van der Waals surface area (Å²) in [5, 5.41) is 4.99. The van der Waals surface area contributed by atoms with Crippen LogP contribution in [0.25, 0.3) is 0 Å². The zero-order valence-electron chi connectivity index (χ0n) is 17.0. The highest BCUT2D eigenvalue weighted by atomic mass is 35.5. The second-order valence-electron chi connectivity index (χ2n) is 7.18. The highest BCUT2D eigenvalue weighted by Gasteiger charge is 2.39. The van der Waals surface area contributed by atoms with Crippen LogP contribution in [-0.2, 0) is 24.8 Å². The van der Waals surface area contributed by atoms with Crippen LogP contribution in [-0.4, -0.2) is 44.6 Å². The molecule has 33 heavy (non-hydrogen) atoms. The van der Waals surface area contributed by atoms with Gasteiger partial charge in [0, 0.05) is 28.8 Å². The van der Waals surface area contributed by atoms with E-state index in [-0.39, 0.29) is 21.5 Å². The predicted octanol–water partition coefficient (Wildman–Crippen LogP) is 3.39. The van der Waals surface area contributed by atoms with Crippen molar-refractivity contribution < 1.29 is 21.6 Å². The summed E-state index contributed by atoms with van der Waals surface area (Å²) in [7, 11) is -7.69. The minimum atomic E-state index is -3.87. The van der Waals surface area contributed by atoms with Crippen molar-refractivity contribution in [2.45, 2.75) is 28.7 Å². The van der Waals surface area contributed by atoms with Crippen LogP contribution in [0.1, 0.15) is 12.8 Å². The number of benzene rings is 2. The molecule has 174 valence electrons. The first-order chi connectivity index (χ1) is 15.7. The van der Waals surface area contributed by atoms with Gasteiger partial charge in [-0.05, 0) is 61.4 Å². The van der Waals surface area contributed by atoms with E-state index in [0.717, 1.165) is 11.3 Å². The monoisotopic (exact) mass is 526 g/mol. The molecular weight excluding hydrogens is 508 g/mol. The number of thiazole rings is 1. The summed E-state index contributed by atoms with van der Waals surface area (Å²) < 4.78 is 54.5. The maximum absolute atomic E-state index is 13.0. The average Bonchev–Trinajstić information content (AvgIpc) is 3.46. The lowest BCUT2D eigenvalue weighted by Crippen LogP contribution is -2.43. The number of amides is 1. The first-order valence-corrected chi connectivity index (χ1v) is 14.0. The number of carbonyl (C=O) groups excluding carboxylic acids is 1. The Hall–Kier alpha value is -2.51. The molecule has 0 saturated carbocycles. The molecule has 1 amide bonds. The number of halogens is 1. The maximum atomic E-state index is 13.0. The number of sulfonamides is 2. The summed E-state index contributed by atoms with van der Waals surface area (Å²) in [5.41, 5.74) is 0.351. The van der Waals surface area contributed by atoms with E-state index in [4.69, 9.17) is 11.6 Å². The zero-order chi connectivity index (χ0) is 23.6. The van der Waals surface area contributed by atoms with Gasteiger partial charge in [-0.3, -0.25) is 9.52 Å². The van der Waals surface area contributed by atoms with Gasteiger partial charge in [0.25, 0.3) is 10.0 Å². The molecule has 2 aromatic carbocycles. The summed E-state index contributed by atoms with van der Waals surface area (Å²) in [6, 6.07) is 10.5. The quantitative estimate of drug-likeness (QED) is 0.486. The Kier molecular flexibility index (Phi) is 6.73. The molecule has 0 bridgehead atoms. The lowest BCUT2D eigenvalue weighted by molar-refractivity contribution is -0.119. The van der Waals surface area contributed by atoms with Crippen LogP contribution in [0.3, 0.4) is 0 Å². The molecule has 1 fully saturated rings. The van der Waals surface area contributed by atoms with E-state index >= 15 is 0 Å². The predicted molar refractivity (Wildman–Crippen MR) is 126 cm³/mol. The second-order valence-corrected chi connectivity index (χ2v) is 12.1. The molecule has 3 aromatic rings. The summed E-state index contributed by atoms with van der Waals surface area (Å²) in [5.74, 6) is -0.485. The number of rotatable bonds is 7. The van der Waals surface area contributed by atoms with Crippen LogP contribution >= 0.6 is 22.9 Å². The summed E-state index contributed by atoms with van der Waals surface area (Å²) >= 11 is 7.00. The fourth-order valence-electron chi connectivity index (χ4n) is 3.42. The average molecular weight is 527 g/mol. The fourth-order valence-corrected chi connectivity index (χ4v) is 6.99. The molecule has 1 aliphatic rings. The Morgan fingerprint density at radius 3 is 2.33 bits per heavy atom. The lowest BCUT2D eigenvalue weighted by Gasteiger charge is -2.23. The SMILES string of the molecule is O=C(Nc1ccc(S(=O)(=O)Nc2nccs2)cc1)C1CCCN1S(=O)(=O)c1ccc(Cl)cc1. The number of anilines is 2. The summed E-state index contributed by atoms with van der Waals surface area (Å²) in [6.07, 6.45) is 2.41. The van der Waals surface area contributed by atoms with Crippen LogP contribution in [0.15, 0.2) is 69.9 Å². The highest BCUT2D eigenvalue weighted by molar-refractivity contribution is 7.93. The topological polar surface area (TPSA) is 126 Å². The number of aromatic nitrogens is 1. The molecule has 1 atom stereocenters. The zero-order valence-corrected chi connectivity index (χ0v) is 20.2. The lowest BCUT2D eigenvalue weighted by atomic mass is 10.2. The van der Waals surface area contributed by atoms with Crippen molar-refractivity contribution in [3.05, 3.63) is 65.1 Å². The van der Waals surface area contributed by atoms with Gasteiger partial charge in [-0.15, -0.1) is 11.3 Å². The van der Waals surface area contributed by atoms with Gasteiger partial charge < -0.3 is 5.32 Å². The van der Waals surface area contributed by atoms with Crippen molar-refractivity contribution in [2.75, 3.05) is 16.6 Å². The van der Waals surface area contributed by atoms with Crippen molar-refractivity contribution in [1.82, 2.24) is 9.29 Å². The van der Waals surface area contributed by atoms with E-state index in [1.165, 1.54) is 59.0 Å². The van der Waals surface area contributed by atoms with E-state index in [1.54, 1.807) is 5.38 Å². The van der Waals surface area contributed by atoms with E-state index in [0.29, 0.717) is 23.6 Å². The van der Waals surface area contributed by atoms with Crippen molar-refractivity contribution in [3.8, 4) is 0 Å². The summed E-state index contributed by atoms with van der Waals surface area (Å²) in [6.45, 7) is 0.225. The second kappa shape index (κ2) is 9.39. The van der Waals surface area contributed by atoms with Gasteiger partial charge >= 0.3 is 0 Å². The molecule has 1 saturated heterocycles. The third kappa shape index (κ3) is 5.20. The first kappa shape index (κ1) is 23.6. The van der Waals surface area contributed by atoms with Crippen LogP contribution in [0.2, 0.25) is 5.02 Å². The Labute approximate surface area is 200 Å². The molecule has 2 heterocycles. The van der Waals surface area contributed by atoms with Gasteiger partial charge in [-0.2, -0.15) is 4.31 Å². The van der Waals surface area contributed by atoms with Crippen LogP contribution in [0, 0.1) is 0 Å². The van der Waals surface area contributed by atoms with E-state index < -0.39 is 32.0 Å². The maximum Gasteiger partial charge on any atom is 0.263 e. The molecule has 1 aromatic heterocycles. The van der Waals surface area contributed by atoms with E-state index in [9.17, 15) is 21.6 Å². The number of hydrogen-bond donors (Lipinski definition) is 2. The van der Waals surface area contributed by atoms with Gasteiger partial charge in [-0.25, -0.2) is 21.8 Å². The minimum absolute atomic E-state index is 0.00325.